The third-order valence-electron chi connectivity index (χ3n) is 5.92. The Morgan fingerprint density at radius 1 is 1.10 bits per heavy atom. The smallest absolute Gasteiger partial charge is 0.326 e. The molecular formula is C23H24N2O4. The van der Waals surface area contributed by atoms with E-state index >= 15 is 0 Å². The molecule has 3 unspecified atom stereocenters. The number of hydrogen-bond donors (Lipinski definition) is 2. The summed E-state index contributed by atoms with van der Waals surface area (Å²) in [5.41, 5.74) is 1.59. The fourth-order valence-electron chi connectivity index (χ4n) is 4.41. The molecule has 0 aliphatic carbocycles. The van der Waals surface area contributed by atoms with Crippen LogP contribution in [0.15, 0.2) is 54.1 Å². The van der Waals surface area contributed by atoms with Crippen molar-refractivity contribution in [3.05, 3.63) is 59.7 Å². The van der Waals surface area contributed by atoms with Crippen molar-refractivity contribution in [1.29, 1.82) is 0 Å². The standard InChI is InChI=1S/C23H24N2O4/c1-14-6-10-19(22(27)25-18(12-14)9-11-20(25)23(28)29)24-21(26)17-8-7-15-4-2-3-5-16(15)13-17/h2-8,13,18-20H,9-12H2,1H3,(H,24,26)(H,28,29). The van der Waals surface area contributed by atoms with Crippen LogP contribution in [-0.4, -0.2) is 45.9 Å². The van der Waals surface area contributed by atoms with E-state index in [-0.39, 0.29) is 17.9 Å². The maximum atomic E-state index is 13.2. The summed E-state index contributed by atoms with van der Waals surface area (Å²) in [6.07, 6.45) is 4.14. The lowest BCUT2D eigenvalue weighted by molar-refractivity contribution is -0.150. The van der Waals surface area contributed by atoms with E-state index in [0.29, 0.717) is 31.2 Å². The van der Waals surface area contributed by atoms with E-state index < -0.39 is 18.1 Å². The van der Waals surface area contributed by atoms with E-state index in [1.165, 1.54) is 4.90 Å². The molecule has 1 fully saturated rings. The van der Waals surface area contributed by atoms with Crippen molar-refractivity contribution in [2.75, 3.05) is 0 Å². The summed E-state index contributed by atoms with van der Waals surface area (Å²) in [6.45, 7) is 1.99. The summed E-state index contributed by atoms with van der Waals surface area (Å²) in [4.78, 5) is 39.2. The van der Waals surface area contributed by atoms with Gasteiger partial charge in [-0.15, -0.1) is 0 Å². The van der Waals surface area contributed by atoms with Crippen molar-refractivity contribution in [2.45, 2.75) is 50.7 Å². The minimum atomic E-state index is -0.984. The first-order chi connectivity index (χ1) is 13.9. The average molecular weight is 392 g/mol. The summed E-state index contributed by atoms with van der Waals surface area (Å²) in [5.74, 6) is -1.62. The van der Waals surface area contributed by atoms with Gasteiger partial charge in [-0.25, -0.2) is 4.79 Å². The number of carbonyl (C=O) groups excluding carboxylic acids is 2. The van der Waals surface area contributed by atoms with Crippen molar-refractivity contribution in [2.24, 2.45) is 0 Å². The summed E-state index contributed by atoms with van der Waals surface area (Å²) < 4.78 is 0. The number of carboxylic acid groups (broad SMARTS) is 1. The van der Waals surface area contributed by atoms with Gasteiger partial charge in [0.15, 0.2) is 0 Å². The largest absolute Gasteiger partial charge is 0.480 e. The van der Waals surface area contributed by atoms with E-state index in [1.54, 1.807) is 12.1 Å². The van der Waals surface area contributed by atoms with Crippen molar-refractivity contribution in [3.8, 4) is 0 Å². The second-order valence-corrected chi connectivity index (χ2v) is 7.91. The number of fused-ring (bicyclic) bond motifs is 2. The molecule has 4 rings (SSSR count). The van der Waals surface area contributed by atoms with Crippen molar-refractivity contribution >= 4 is 28.6 Å². The quantitative estimate of drug-likeness (QED) is 0.786. The van der Waals surface area contributed by atoms with Gasteiger partial charge in [0.1, 0.15) is 12.1 Å². The van der Waals surface area contributed by atoms with E-state index in [4.69, 9.17) is 0 Å². The molecule has 2 aliphatic heterocycles. The molecule has 2 heterocycles. The number of amides is 2. The number of benzene rings is 2. The molecule has 2 aliphatic rings. The maximum absolute atomic E-state index is 13.2. The zero-order chi connectivity index (χ0) is 20.5. The number of rotatable bonds is 3. The van der Waals surface area contributed by atoms with Gasteiger partial charge in [-0.2, -0.15) is 0 Å². The van der Waals surface area contributed by atoms with Crippen LogP contribution in [-0.2, 0) is 9.59 Å². The van der Waals surface area contributed by atoms with Gasteiger partial charge in [-0.05, 0) is 55.5 Å². The first-order valence-electron chi connectivity index (χ1n) is 9.94. The van der Waals surface area contributed by atoms with E-state index in [9.17, 15) is 19.5 Å². The lowest BCUT2D eigenvalue weighted by Crippen LogP contribution is -2.54. The highest BCUT2D eigenvalue weighted by molar-refractivity contribution is 6.01. The van der Waals surface area contributed by atoms with Gasteiger partial charge >= 0.3 is 5.97 Å². The molecule has 0 radical (unpaired) electrons. The van der Waals surface area contributed by atoms with Gasteiger partial charge in [-0.3, -0.25) is 9.59 Å². The van der Waals surface area contributed by atoms with E-state index in [2.05, 4.69) is 5.32 Å². The molecular weight excluding hydrogens is 368 g/mol. The molecule has 6 heteroatoms. The maximum Gasteiger partial charge on any atom is 0.326 e. The molecule has 2 amide bonds. The predicted molar refractivity (Wildman–Crippen MR) is 109 cm³/mol. The molecule has 0 saturated carbocycles. The Labute approximate surface area is 169 Å². The first kappa shape index (κ1) is 19.2. The number of nitrogens with one attached hydrogen (secondary N) is 1. The third kappa shape index (κ3) is 3.75. The minimum Gasteiger partial charge on any atom is -0.480 e. The van der Waals surface area contributed by atoms with Crippen molar-refractivity contribution in [3.63, 3.8) is 0 Å². The van der Waals surface area contributed by atoms with Gasteiger partial charge in [0.2, 0.25) is 5.91 Å². The fraction of sp³-hybridized carbons (Fsp3) is 0.348. The predicted octanol–water partition coefficient (Wildman–Crippen LogP) is 3.12. The molecule has 29 heavy (non-hydrogen) atoms. The molecule has 3 atom stereocenters. The van der Waals surface area contributed by atoms with Crippen molar-refractivity contribution in [1.82, 2.24) is 10.2 Å². The SMILES string of the molecule is CC1=CCC(NC(=O)c2ccc3ccccc3c2)C(=O)N2C(CCC2C(=O)O)C1. The van der Waals surface area contributed by atoms with Crippen LogP contribution in [0, 0.1) is 0 Å². The molecule has 0 aromatic heterocycles. The summed E-state index contributed by atoms with van der Waals surface area (Å²) in [6, 6.07) is 11.5. The molecule has 1 saturated heterocycles. The molecule has 2 N–H and O–H groups in total. The Morgan fingerprint density at radius 2 is 1.86 bits per heavy atom. The van der Waals surface area contributed by atoms with Crippen LogP contribution in [0.1, 0.15) is 43.0 Å². The number of aliphatic carboxylic acids is 1. The summed E-state index contributed by atoms with van der Waals surface area (Å²) in [7, 11) is 0. The van der Waals surface area contributed by atoms with Crippen LogP contribution >= 0.6 is 0 Å². The first-order valence-corrected chi connectivity index (χ1v) is 9.94. The third-order valence-corrected chi connectivity index (χ3v) is 5.92. The Morgan fingerprint density at radius 3 is 2.62 bits per heavy atom. The highest BCUT2D eigenvalue weighted by atomic mass is 16.4. The highest BCUT2D eigenvalue weighted by Gasteiger charge is 2.43. The van der Waals surface area contributed by atoms with E-state index in [1.807, 2.05) is 43.3 Å². The van der Waals surface area contributed by atoms with Gasteiger partial charge < -0.3 is 15.3 Å². The van der Waals surface area contributed by atoms with E-state index in [0.717, 1.165) is 16.3 Å². The number of carboxylic acids is 1. The summed E-state index contributed by atoms with van der Waals surface area (Å²) >= 11 is 0. The van der Waals surface area contributed by atoms with Gasteiger partial charge in [-0.1, -0.05) is 42.0 Å². The van der Waals surface area contributed by atoms with Crippen LogP contribution in [0.5, 0.6) is 0 Å². The van der Waals surface area contributed by atoms with Crippen LogP contribution in [0.3, 0.4) is 0 Å². The average Bonchev–Trinajstić information content (AvgIpc) is 3.12. The van der Waals surface area contributed by atoms with Gasteiger partial charge in [0, 0.05) is 11.6 Å². The lowest BCUT2D eigenvalue weighted by Gasteiger charge is -2.33. The molecule has 2 aromatic rings. The minimum absolute atomic E-state index is 0.125. The normalized spacial score (nSPS) is 24.4. The molecule has 0 bridgehead atoms. The zero-order valence-corrected chi connectivity index (χ0v) is 16.3. The van der Waals surface area contributed by atoms with Crippen LogP contribution in [0.25, 0.3) is 10.8 Å². The zero-order valence-electron chi connectivity index (χ0n) is 16.3. The molecule has 6 nitrogen and oxygen atoms in total. The Kier molecular flexibility index (Phi) is 5.09. The molecule has 0 spiro atoms. The van der Waals surface area contributed by atoms with Crippen LogP contribution < -0.4 is 5.32 Å². The topological polar surface area (TPSA) is 86.7 Å². The van der Waals surface area contributed by atoms with Crippen LogP contribution in [0.4, 0.5) is 0 Å². The number of nitrogens with zero attached hydrogens (tertiary/aromatic N) is 1. The van der Waals surface area contributed by atoms with Gasteiger partial charge in [0.05, 0.1) is 0 Å². The Hall–Kier alpha value is -3.15. The number of carbonyl (C=O) groups is 3. The monoisotopic (exact) mass is 392 g/mol. The highest BCUT2D eigenvalue weighted by Crippen LogP contribution is 2.31. The Balaban J connectivity index is 1.60. The lowest BCUT2D eigenvalue weighted by atomic mass is 9.98. The number of hydrogen-bond acceptors (Lipinski definition) is 3. The summed E-state index contributed by atoms with van der Waals surface area (Å²) in [5, 5.41) is 14.4. The Bertz CT molecular complexity index is 1010. The van der Waals surface area contributed by atoms with Crippen LogP contribution in [0.2, 0.25) is 0 Å². The van der Waals surface area contributed by atoms with Crippen molar-refractivity contribution < 1.29 is 19.5 Å². The molecule has 150 valence electrons. The fourth-order valence-corrected chi connectivity index (χ4v) is 4.41. The van der Waals surface area contributed by atoms with Gasteiger partial charge in [0.25, 0.3) is 5.91 Å². The second-order valence-electron chi connectivity index (χ2n) is 7.91. The molecule has 2 aromatic carbocycles. The second kappa shape index (κ2) is 7.70.